The maximum atomic E-state index is 10.9. The number of anilines is 3. The molecule has 7 heteroatoms. The van der Waals surface area contributed by atoms with Gasteiger partial charge in [-0.05, 0) is 30.2 Å². The average molecular weight is 320 g/mol. The molecule has 22 heavy (non-hydrogen) atoms. The Bertz CT molecular complexity index is 747. The molecule has 0 fully saturated rings. The first kappa shape index (κ1) is 15.7. The summed E-state index contributed by atoms with van der Waals surface area (Å²) in [7, 11) is 0. The second-order valence-electron chi connectivity index (χ2n) is 4.62. The largest absolute Gasteiger partial charge is 0.504 e. The van der Waals surface area contributed by atoms with Crippen LogP contribution < -0.4 is 11.1 Å². The number of non-ortho nitro benzene ring substituents is 1. The Hall–Kier alpha value is -2.73. The molecule has 0 aliphatic carbocycles. The van der Waals surface area contributed by atoms with E-state index in [0.717, 1.165) is 11.6 Å². The summed E-state index contributed by atoms with van der Waals surface area (Å²) in [6, 6.07) is 7.48. The molecule has 0 bridgehead atoms. The number of benzene rings is 2. The summed E-state index contributed by atoms with van der Waals surface area (Å²) in [5.74, 6) is -0.256. The smallest absolute Gasteiger partial charge is 0.273 e. The fourth-order valence-corrected chi connectivity index (χ4v) is 2.20. The van der Waals surface area contributed by atoms with Crippen molar-refractivity contribution >= 4 is 34.4 Å². The van der Waals surface area contributed by atoms with Crippen LogP contribution in [0.4, 0.5) is 22.7 Å². The van der Waals surface area contributed by atoms with Gasteiger partial charge in [-0.25, -0.2) is 0 Å². The SMILES string of the molecule is C=CCc1cc(N)ccc1Nc1cc([N+](=O)[O-])cc(Cl)c1O. The Morgan fingerprint density at radius 1 is 1.36 bits per heavy atom. The number of aromatic hydroxyl groups is 1. The Morgan fingerprint density at radius 3 is 2.73 bits per heavy atom. The van der Waals surface area contributed by atoms with Crippen molar-refractivity contribution in [1.29, 1.82) is 0 Å². The first-order valence-electron chi connectivity index (χ1n) is 6.35. The second kappa shape index (κ2) is 6.36. The zero-order valence-electron chi connectivity index (χ0n) is 11.5. The maximum Gasteiger partial charge on any atom is 0.273 e. The van der Waals surface area contributed by atoms with E-state index >= 15 is 0 Å². The molecule has 0 unspecified atom stereocenters. The molecule has 0 heterocycles. The predicted molar refractivity (Wildman–Crippen MR) is 87.8 cm³/mol. The molecule has 0 spiro atoms. The van der Waals surface area contributed by atoms with Gasteiger partial charge in [0.25, 0.3) is 5.69 Å². The van der Waals surface area contributed by atoms with E-state index in [4.69, 9.17) is 17.3 Å². The van der Waals surface area contributed by atoms with Crippen molar-refractivity contribution in [2.24, 2.45) is 0 Å². The van der Waals surface area contributed by atoms with Crippen LogP contribution in [0.2, 0.25) is 5.02 Å². The second-order valence-corrected chi connectivity index (χ2v) is 5.02. The van der Waals surface area contributed by atoms with Crippen molar-refractivity contribution in [3.05, 3.63) is 63.7 Å². The number of nitro groups is 1. The molecule has 0 saturated heterocycles. The van der Waals surface area contributed by atoms with E-state index < -0.39 is 4.92 Å². The number of hydrogen-bond acceptors (Lipinski definition) is 5. The zero-order valence-corrected chi connectivity index (χ0v) is 12.3. The third kappa shape index (κ3) is 3.29. The van der Waals surface area contributed by atoms with Gasteiger partial charge < -0.3 is 16.2 Å². The van der Waals surface area contributed by atoms with Gasteiger partial charge in [-0.2, -0.15) is 0 Å². The van der Waals surface area contributed by atoms with Crippen LogP contribution in [0.15, 0.2) is 43.0 Å². The molecule has 4 N–H and O–H groups in total. The molecule has 0 saturated carbocycles. The number of hydrogen-bond donors (Lipinski definition) is 3. The Morgan fingerprint density at radius 2 is 2.09 bits per heavy atom. The molecule has 114 valence electrons. The Kier molecular flexibility index (Phi) is 4.53. The fourth-order valence-electron chi connectivity index (χ4n) is 1.99. The van der Waals surface area contributed by atoms with Gasteiger partial charge in [0, 0.05) is 23.5 Å². The molecule has 0 aromatic heterocycles. The number of halogens is 1. The van der Waals surface area contributed by atoms with Gasteiger partial charge in [-0.1, -0.05) is 17.7 Å². The van der Waals surface area contributed by atoms with E-state index in [1.165, 1.54) is 6.07 Å². The number of phenols is 1. The Labute approximate surface area is 132 Å². The molecular weight excluding hydrogens is 306 g/mol. The summed E-state index contributed by atoms with van der Waals surface area (Å²) in [6.45, 7) is 3.67. The zero-order chi connectivity index (χ0) is 16.3. The van der Waals surface area contributed by atoms with Crippen LogP contribution in [0.5, 0.6) is 5.75 Å². The molecule has 0 aliphatic rings. The van der Waals surface area contributed by atoms with E-state index in [2.05, 4.69) is 11.9 Å². The highest BCUT2D eigenvalue weighted by Gasteiger charge is 2.16. The van der Waals surface area contributed by atoms with Crippen LogP contribution in [-0.2, 0) is 6.42 Å². The number of allylic oxidation sites excluding steroid dienone is 1. The summed E-state index contributed by atoms with van der Waals surface area (Å²) in [5, 5.41) is 23.7. The highest BCUT2D eigenvalue weighted by molar-refractivity contribution is 6.32. The highest BCUT2D eigenvalue weighted by Crippen LogP contribution is 2.38. The maximum absolute atomic E-state index is 10.9. The van der Waals surface area contributed by atoms with Crippen LogP contribution in [-0.4, -0.2) is 10.0 Å². The lowest BCUT2D eigenvalue weighted by Gasteiger charge is -2.13. The predicted octanol–water partition coefficient (Wildman–Crippen LogP) is 4.01. The van der Waals surface area contributed by atoms with Gasteiger partial charge in [0.05, 0.1) is 15.6 Å². The number of nitro benzene ring substituents is 1. The van der Waals surface area contributed by atoms with Crippen molar-refractivity contribution < 1.29 is 10.0 Å². The quantitative estimate of drug-likeness (QED) is 0.254. The summed E-state index contributed by atoms with van der Waals surface area (Å²) in [4.78, 5) is 10.3. The average Bonchev–Trinajstić information content (AvgIpc) is 2.46. The molecule has 6 nitrogen and oxygen atoms in total. The van der Waals surface area contributed by atoms with Crippen LogP contribution in [0, 0.1) is 10.1 Å². The Balaban J connectivity index is 2.46. The van der Waals surface area contributed by atoms with E-state index in [-0.39, 0.29) is 22.1 Å². The lowest BCUT2D eigenvalue weighted by molar-refractivity contribution is -0.384. The monoisotopic (exact) mass is 319 g/mol. The summed E-state index contributed by atoms with van der Waals surface area (Å²) in [5.41, 5.74) is 7.76. The van der Waals surface area contributed by atoms with Crippen LogP contribution in [0.1, 0.15) is 5.56 Å². The molecule has 0 atom stereocenters. The van der Waals surface area contributed by atoms with Crippen molar-refractivity contribution in [3.63, 3.8) is 0 Å². The van der Waals surface area contributed by atoms with E-state index in [0.29, 0.717) is 17.8 Å². The lowest BCUT2D eigenvalue weighted by atomic mass is 10.1. The van der Waals surface area contributed by atoms with Crippen LogP contribution >= 0.6 is 11.6 Å². The van der Waals surface area contributed by atoms with E-state index in [9.17, 15) is 15.2 Å². The topological polar surface area (TPSA) is 101 Å². The van der Waals surface area contributed by atoms with E-state index in [1.54, 1.807) is 24.3 Å². The lowest BCUT2D eigenvalue weighted by Crippen LogP contribution is -1.99. The highest BCUT2D eigenvalue weighted by atomic mass is 35.5. The van der Waals surface area contributed by atoms with Gasteiger partial charge in [0.1, 0.15) is 0 Å². The minimum absolute atomic E-state index is 0.0996. The minimum Gasteiger partial charge on any atom is -0.504 e. The first-order chi connectivity index (χ1) is 10.4. The molecule has 0 amide bonds. The summed E-state index contributed by atoms with van der Waals surface area (Å²) in [6.07, 6.45) is 2.26. The molecule has 2 rings (SSSR count). The summed E-state index contributed by atoms with van der Waals surface area (Å²) < 4.78 is 0. The van der Waals surface area contributed by atoms with Gasteiger partial charge in [0.15, 0.2) is 5.75 Å². The van der Waals surface area contributed by atoms with Crippen LogP contribution in [0.25, 0.3) is 0 Å². The number of rotatable bonds is 5. The normalized spacial score (nSPS) is 10.2. The van der Waals surface area contributed by atoms with Crippen molar-refractivity contribution in [2.45, 2.75) is 6.42 Å². The third-order valence-corrected chi connectivity index (χ3v) is 3.31. The van der Waals surface area contributed by atoms with E-state index in [1.807, 2.05) is 0 Å². The first-order valence-corrected chi connectivity index (χ1v) is 6.73. The van der Waals surface area contributed by atoms with Gasteiger partial charge in [-0.3, -0.25) is 10.1 Å². The van der Waals surface area contributed by atoms with Gasteiger partial charge in [0.2, 0.25) is 0 Å². The standard InChI is InChI=1S/C15H14ClN3O3/c1-2-3-9-6-10(17)4-5-13(9)18-14-8-11(19(21)22)7-12(16)15(14)20/h2,4-8,18,20H,1,3,17H2. The van der Waals surface area contributed by atoms with Gasteiger partial charge in [-0.15, -0.1) is 6.58 Å². The number of phenolic OH excluding ortho intramolecular Hbond substituents is 1. The molecule has 2 aromatic carbocycles. The van der Waals surface area contributed by atoms with Crippen LogP contribution in [0.3, 0.4) is 0 Å². The molecule has 0 radical (unpaired) electrons. The molecule has 2 aromatic rings. The van der Waals surface area contributed by atoms with Crippen molar-refractivity contribution in [3.8, 4) is 5.75 Å². The van der Waals surface area contributed by atoms with Gasteiger partial charge >= 0.3 is 0 Å². The number of nitrogens with two attached hydrogens (primary N) is 1. The van der Waals surface area contributed by atoms with Crippen molar-refractivity contribution in [2.75, 3.05) is 11.1 Å². The summed E-state index contributed by atoms with van der Waals surface area (Å²) >= 11 is 5.82. The molecule has 0 aliphatic heterocycles. The molecular formula is C15H14ClN3O3. The number of nitrogens with zero attached hydrogens (tertiary/aromatic N) is 1. The van der Waals surface area contributed by atoms with Crippen molar-refractivity contribution in [1.82, 2.24) is 0 Å². The fraction of sp³-hybridized carbons (Fsp3) is 0.0667. The number of nitrogens with one attached hydrogen (secondary N) is 1. The number of nitrogen functional groups attached to an aromatic ring is 1. The minimum atomic E-state index is -0.579. The third-order valence-electron chi connectivity index (χ3n) is 3.02.